The van der Waals surface area contributed by atoms with Gasteiger partial charge in [0.15, 0.2) is 0 Å². The summed E-state index contributed by atoms with van der Waals surface area (Å²) in [7, 11) is -2.92. The summed E-state index contributed by atoms with van der Waals surface area (Å²) >= 11 is 0. The van der Waals surface area contributed by atoms with Crippen LogP contribution in [0.4, 0.5) is 0 Å². The highest BCUT2D eigenvalue weighted by Crippen LogP contribution is 2.51. The highest BCUT2D eigenvalue weighted by molar-refractivity contribution is 7.91. The molecule has 0 aliphatic carbocycles. The Morgan fingerprint density at radius 1 is 0.512 bits per heavy atom. The molecule has 204 valence electrons. The van der Waals surface area contributed by atoms with Crippen molar-refractivity contribution in [3.63, 3.8) is 0 Å². The molecule has 2 heterocycles. The zero-order valence-corrected chi connectivity index (χ0v) is 24.3. The van der Waals surface area contributed by atoms with Gasteiger partial charge in [0.05, 0.1) is 22.2 Å². The predicted octanol–water partition coefficient (Wildman–Crippen LogP) is 8.20. The summed E-state index contributed by atoms with van der Waals surface area (Å²) in [6, 6.07) is 56.0. The van der Waals surface area contributed by atoms with E-state index in [2.05, 4.69) is 95.6 Å². The van der Waals surface area contributed by atoms with E-state index in [9.17, 15) is 4.89 Å². The Morgan fingerprint density at radius 3 is 1.77 bits per heavy atom. The van der Waals surface area contributed by atoms with Crippen molar-refractivity contribution in [2.45, 2.75) is 0 Å². The zero-order chi connectivity index (χ0) is 28.8. The Bertz CT molecular complexity index is 2200. The largest absolute Gasteiger partial charge is 0.307 e. The maximum absolute atomic E-state index is 12.7. The minimum absolute atomic E-state index is 0.892. The molecule has 3 nitrogen and oxygen atoms in total. The Hall–Kier alpha value is -5.08. The van der Waals surface area contributed by atoms with Crippen LogP contribution in [0.25, 0.3) is 49.7 Å². The third kappa shape index (κ3) is 4.09. The minimum atomic E-state index is -2.92. The summed E-state index contributed by atoms with van der Waals surface area (Å²) in [6.07, 6.45) is 0. The molecule has 43 heavy (non-hydrogen) atoms. The molecule has 8 aromatic rings. The van der Waals surface area contributed by atoms with Crippen LogP contribution >= 0.6 is 7.49 Å². The van der Waals surface area contributed by atoms with E-state index in [4.69, 9.17) is 4.98 Å². The maximum Gasteiger partial charge on any atom is 0.238 e. The predicted molar refractivity (Wildman–Crippen MR) is 182 cm³/mol. The van der Waals surface area contributed by atoms with Crippen molar-refractivity contribution in [2.75, 3.05) is 0 Å². The Kier molecular flexibility index (Phi) is 6.15. The quantitative estimate of drug-likeness (QED) is 0.212. The summed E-state index contributed by atoms with van der Waals surface area (Å²) in [5.74, 6) is 0. The maximum atomic E-state index is 12.7. The fraction of sp³-hybridized carbons (Fsp3) is 0. The molecule has 0 amide bonds. The fourth-order valence-electron chi connectivity index (χ4n) is 6.33. The SMILES string of the molecule is O[P+](c1ccccc1)(c1ccccc1)c1cccc(-c2nc3ccccc3c3c4ccccc4n(-c4ccccc4)c23)c1. The number of nitrogens with zero attached hydrogens (tertiary/aromatic N) is 2. The molecule has 0 aliphatic rings. The molecule has 6 aromatic carbocycles. The smallest absolute Gasteiger partial charge is 0.238 e. The number of aromatic nitrogens is 2. The van der Waals surface area contributed by atoms with Crippen molar-refractivity contribution in [3.8, 4) is 16.9 Å². The first-order valence-corrected chi connectivity index (χ1v) is 16.2. The number of hydrogen-bond acceptors (Lipinski definition) is 2. The summed E-state index contributed by atoms with van der Waals surface area (Å²) in [5, 5.41) is 6.24. The van der Waals surface area contributed by atoms with Crippen LogP contribution in [0.2, 0.25) is 0 Å². The van der Waals surface area contributed by atoms with Gasteiger partial charge >= 0.3 is 0 Å². The lowest BCUT2D eigenvalue weighted by Crippen LogP contribution is -2.30. The van der Waals surface area contributed by atoms with Gasteiger partial charge in [0, 0.05) is 27.4 Å². The van der Waals surface area contributed by atoms with E-state index in [0.717, 1.165) is 54.8 Å². The molecule has 0 saturated heterocycles. The average Bonchev–Trinajstić information content (AvgIpc) is 3.44. The van der Waals surface area contributed by atoms with Crippen molar-refractivity contribution in [3.05, 3.63) is 164 Å². The lowest BCUT2D eigenvalue weighted by molar-refractivity contribution is 0.633. The van der Waals surface area contributed by atoms with Crippen molar-refractivity contribution >= 4 is 56.1 Å². The van der Waals surface area contributed by atoms with Crippen LogP contribution in [-0.2, 0) is 0 Å². The van der Waals surface area contributed by atoms with Gasteiger partial charge in [0.25, 0.3) is 0 Å². The molecule has 0 saturated carbocycles. The molecule has 8 rings (SSSR count). The number of para-hydroxylation sites is 3. The molecule has 1 N–H and O–H groups in total. The van der Waals surface area contributed by atoms with Gasteiger partial charge in [-0.1, -0.05) is 103 Å². The van der Waals surface area contributed by atoms with Crippen molar-refractivity contribution in [1.82, 2.24) is 9.55 Å². The standard InChI is InChI=1S/C39H28N2OP/c42-43(30-18-6-2-7-19-30,31-20-8-3-9-21-31)32-22-14-15-28(27-32)38-39-37(33-23-10-12-25-35(33)40-38)34-24-11-13-26-36(34)41(39)29-16-4-1-5-17-29/h1-27,42H/q+1. The van der Waals surface area contributed by atoms with Gasteiger partial charge in [0.1, 0.15) is 15.9 Å². The second-order valence-corrected chi connectivity index (χ2v) is 13.6. The molecule has 2 aromatic heterocycles. The topological polar surface area (TPSA) is 38.1 Å². The van der Waals surface area contributed by atoms with E-state index in [1.54, 1.807) is 0 Å². The first-order valence-electron chi connectivity index (χ1n) is 14.4. The summed E-state index contributed by atoms with van der Waals surface area (Å²) in [6.45, 7) is 0. The minimum Gasteiger partial charge on any atom is -0.307 e. The number of hydrogen-bond donors (Lipinski definition) is 1. The molecule has 0 aliphatic heterocycles. The molecule has 0 unspecified atom stereocenters. The van der Waals surface area contributed by atoms with Crippen LogP contribution in [0.1, 0.15) is 0 Å². The fourth-order valence-corrected chi connectivity index (χ4v) is 9.06. The number of pyridine rings is 1. The van der Waals surface area contributed by atoms with E-state index in [1.165, 1.54) is 10.8 Å². The van der Waals surface area contributed by atoms with Crippen LogP contribution in [0.3, 0.4) is 0 Å². The molecule has 0 atom stereocenters. The highest BCUT2D eigenvalue weighted by Gasteiger charge is 2.44. The van der Waals surface area contributed by atoms with Gasteiger partial charge in [-0.15, -0.1) is 0 Å². The molecule has 4 heteroatoms. The van der Waals surface area contributed by atoms with E-state index < -0.39 is 7.49 Å². The third-order valence-corrected chi connectivity index (χ3v) is 11.4. The normalized spacial score (nSPS) is 11.8. The van der Waals surface area contributed by atoms with E-state index in [0.29, 0.717) is 0 Å². The van der Waals surface area contributed by atoms with Crippen molar-refractivity contribution < 1.29 is 4.89 Å². The van der Waals surface area contributed by atoms with E-state index in [-0.39, 0.29) is 0 Å². The van der Waals surface area contributed by atoms with E-state index >= 15 is 0 Å². The van der Waals surface area contributed by atoms with Crippen molar-refractivity contribution in [1.29, 1.82) is 0 Å². The van der Waals surface area contributed by atoms with Gasteiger partial charge in [-0.2, -0.15) is 0 Å². The van der Waals surface area contributed by atoms with Crippen LogP contribution in [0.15, 0.2) is 164 Å². The Morgan fingerprint density at radius 2 is 1.07 bits per heavy atom. The van der Waals surface area contributed by atoms with Crippen molar-refractivity contribution in [2.24, 2.45) is 0 Å². The third-order valence-electron chi connectivity index (χ3n) is 8.27. The van der Waals surface area contributed by atoms with Gasteiger partial charge in [-0.05, 0) is 60.7 Å². The lowest BCUT2D eigenvalue weighted by Gasteiger charge is -2.21. The number of benzene rings is 6. The van der Waals surface area contributed by atoms with Crippen LogP contribution in [0, 0.1) is 0 Å². The highest BCUT2D eigenvalue weighted by atomic mass is 31.2. The van der Waals surface area contributed by atoms with Gasteiger partial charge in [-0.3, -0.25) is 0 Å². The van der Waals surface area contributed by atoms with Crippen LogP contribution < -0.4 is 15.9 Å². The molecular formula is C39H28N2OP+. The Labute approximate surface area is 250 Å². The molecular weight excluding hydrogens is 543 g/mol. The molecule has 0 fully saturated rings. The molecule has 0 radical (unpaired) electrons. The summed E-state index contributed by atoms with van der Waals surface area (Å²) in [4.78, 5) is 18.0. The van der Waals surface area contributed by atoms with E-state index in [1.807, 2.05) is 72.8 Å². The summed E-state index contributed by atoms with van der Waals surface area (Å²) < 4.78 is 2.34. The lowest BCUT2D eigenvalue weighted by atomic mass is 10.0. The van der Waals surface area contributed by atoms with Gasteiger partial charge in [0.2, 0.25) is 7.49 Å². The monoisotopic (exact) mass is 571 g/mol. The van der Waals surface area contributed by atoms with Crippen LogP contribution in [0.5, 0.6) is 0 Å². The second-order valence-electron chi connectivity index (χ2n) is 10.7. The molecule has 0 spiro atoms. The van der Waals surface area contributed by atoms with Gasteiger partial charge < -0.3 is 4.57 Å². The van der Waals surface area contributed by atoms with Crippen LogP contribution in [-0.4, -0.2) is 14.4 Å². The first kappa shape index (κ1) is 25.6. The average molecular weight is 572 g/mol. The molecule has 0 bridgehead atoms. The summed E-state index contributed by atoms with van der Waals surface area (Å²) in [5.41, 5.74) is 6.09. The van der Waals surface area contributed by atoms with Gasteiger partial charge in [-0.25, -0.2) is 9.88 Å². The second kappa shape index (κ2) is 10.3. The Balaban J connectivity index is 1.47. The number of rotatable bonds is 5. The zero-order valence-electron chi connectivity index (χ0n) is 23.4. The first-order chi connectivity index (χ1) is 21.2. The number of fused-ring (bicyclic) bond motifs is 5.